The number of methoxy groups -OCH3 is 1. The zero-order valence-corrected chi connectivity index (χ0v) is 12.6. The Bertz CT molecular complexity index is 575. The molecule has 1 atom stereocenters. The molecule has 1 heterocycles. The van der Waals surface area contributed by atoms with Crippen LogP contribution in [0.2, 0.25) is 0 Å². The van der Waals surface area contributed by atoms with E-state index in [1.54, 1.807) is 7.11 Å². The van der Waals surface area contributed by atoms with E-state index in [1.165, 1.54) is 0 Å². The van der Waals surface area contributed by atoms with E-state index in [0.717, 1.165) is 22.7 Å². The lowest BCUT2D eigenvalue weighted by atomic mass is 9.94. The third kappa shape index (κ3) is 2.85. The van der Waals surface area contributed by atoms with Crippen LogP contribution in [0.15, 0.2) is 30.3 Å². The summed E-state index contributed by atoms with van der Waals surface area (Å²) in [5.74, 6) is 1.40. The van der Waals surface area contributed by atoms with Gasteiger partial charge in [-0.15, -0.1) is 0 Å². The van der Waals surface area contributed by atoms with Crippen molar-refractivity contribution in [2.75, 3.05) is 13.7 Å². The molecule has 0 bridgehead atoms. The van der Waals surface area contributed by atoms with Crippen LogP contribution in [-0.4, -0.2) is 23.4 Å². The van der Waals surface area contributed by atoms with E-state index in [0.29, 0.717) is 12.5 Å². The Kier molecular flexibility index (Phi) is 4.45. The average molecular weight is 273 g/mol. The standard InChI is InChI=1S/C16H23N3O/c1-11(2)15-9-16(19(3)18-15)14(10-17)12-6-5-7-13(8-12)20-4/h5-9,11,14H,10,17H2,1-4H3. The number of aryl methyl sites for hydroxylation is 1. The molecule has 0 radical (unpaired) electrons. The summed E-state index contributed by atoms with van der Waals surface area (Å²) in [6, 6.07) is 10.2. The molecule has 0 aliphatic rings. The van der Waals surface area contributed by atoms with Gasteiger partial charge in [0.25, 0.3) is 0 Å². The molecule has 0 aliphatic heterocycles. The van der Waals surface area contributed by atoms with Crippen LogP contribution >= 0.6 is 0 Å². The molecular weight excluding hydrogens is 250 g/mol. The summed E-state index contributed by atoms with van der Waals surface area (Å²) in [5.41, 5.74) is 9.40. The molecule has 0 amide bonds. The molecule has 0 fully saturated rings. The monoisotopic (exact) mass is 273 g/mol. The van der Waals surface area contributed by atoms with Crippen LogP contribution in [0.3, 0.4) is 0 Å². The van der Waals surface area contributed by atoms with Gasteiger partial charge in [0.1, 0.15) is 5.75 Å². The van der Waals surface area contributed by atoms with Gasteiger partial charge >= 0.3 is 0 Å². The number of nitrogens with two attached hydrogens (primary N) is 1. The fourth-order valence-corrected chi connectivity index (χ4v) is 2.40. The second kappa shape index (κ2) is 6.09. The second-order valence-corrected chi connectivity index (χ2v) is 5.34. The Balaban J connectivity index is 2.41. The quantitative estimate of drug-likeness (QED) is 0.911. The van der Waals surface area contributed by atoms with Crippen molar-refractivity contribution in [3.8, 4) is 5.75 Å². The van der Waals surface area contributed by atoms with E-state index in [4.69, 9.17) is 10.5 Å². The maximum absolute atomic E-state index is 6.00. The van der Waals surface area contributed by atoms with Crippen molar-refractivity contribution in [3.63, 3.8) is 0 Å². The molecule has 20 heavy (non-hydrogen) atoms. The Morgan fingerprint density at radius 2 is 2.05 bits per heavy atom. The third-order valence-corrected chi connectivity index (χ3v) is 3.62. The van der Waals surface area contributed by atoms with Crippen molar-refractivity contribution >= 4 is 0 Å². The highest BCUT2D eigenvalue weighted by atomic mass is 16.5. The van der Waals surface area contributed by atoms with Crippen LogP contribution in [0.5, 0.6) is 5.75 Å². The highest BCUT2D eigenvalue weighted by molar-refractivity contribution is 5.36. The number of hydrogen-bond acceptors (Lipinski definition) is 3. The molecule has 1 aromatic heterocycles. The summed E-state index contributed by atoms with van der Waals surface area (Å²) in [6.45, 7) is 4.84. The first-order chi connectivity index (χ1) is 9.56. The van der Waals surface area contributed by atoms with E-state index < -0.39 is 0 Å². The lowest BCUT2D eigenvalue weighted by Gasteiger charge is -2.16. The minimum atomic E-state index is 0.134. The van der Waals surface area contributed by atoms with Crippen molar-refractivity contribution < 1.29 is 4.74 Å². The number of ether oxygens (including phenoxy) is 1. The van der Waals surface area contributed by atoms with E-state index in [-0.39, 0.29) is 5.92 Å². The highest BCUT2D eigenvalue weighted by Crippen LogP contribution is 2.28. The maximum Gasteiger partial charge on any atom is 0.119 e. The number of nitrogens with zero attached hydrogens (tertiary/aromatic N) is 2. The summed E-state index contributed by atoms with van der Waals surface area (Å²) in [7, 11) is 3.65. The first kappa shape index (κ1) is 14.6. The van der Waals surface area contributed by atoms with Gasteiger partial charge in [0.05, 0.1) is 12.8 Å². The normalized spacial score (nSPS) is 12.7. The number of rotatable bonds is 5. The summed E-state index contributed by atoms with van der Waals surface area (Å²) in [5, 5.41) is 4.58. The van der Waals surface area contributed by atoms with E-state index >= 15 is 0 Å². The number of aromatic nitrogens is 2. The topological polar surface area (TPSA) is 53.1 Å². The summed E-state index contributed by atoms with van der Waals surface area (Å²) >= 11 is 0. The SMILES string of the molecule is COc1cccc(C(CN)c2cc(C(C)C)nn2C)c1. The summed E-state index contributed by atoms with van der Waals surface area (Å²) in [4.78, 5) is 0. The zero-order valence-electron chi connectivity index (χ0n) is 12.6. The van der Waals surface area contributed by atoms with Gasteiger partial charge in [0.2, 0.25) is 0 Å². The number of benzene rings is 1. The largest absolute Gasteiger partial charge is 0.497 e. The molecule has 4 nitrogen and oxygen atoms in total. The van der Waals surface area contributed by atoms with Gasteiger partial charge in [-0.3, -0.25) is 4.68 Å². The Hall–Kier alpha value is -1.81. The molecule has 0 aliphatic carbocycles. The minimum Gasteiger partial charge on any atom is -0.497 e. The van der Waals surface area contributed by atoms with Crippen LogP contribution in [-0.2, 0) is 7.05 Å². The van der Waals surface area contributed by atoms with Crippen LogP contribution < -0.4 is 10.5 Å². The van der Waals surface area contributed by atoms with Gasteiger partial charge in [-0.25, -0.2) is 0 Å². The van der Waals surface area contributed by atoms with Gasteiger partial charge in [-0.1, -0.05) is 26.0 Å². The molecule has 0 saturated carbocycles. The van der Waals surface area contributed by atoms with E-state index in [9.17, 15) is 0 Å². The van der Waals surface area contributed by atoms with Gasteiger partial charge in [-0.2, -0.15) is 5.10 Å². The number of hydrogen-bond donors (Lipinski definition) is 1. The van der Waals surface area contributed by atoms with Crippen molar-refractivity contribution in [2.45, 2.75) is 25.7 Å². The lowest BCUT2D eigenvalue weighted by molar-refractivity contribution is 0.414. The predicted molar refractivity (Wildman–Crippen MR) is 81.2 cm³/mol. The molecule has 1 aromatic carbocycles. The first-order valence-electron chi connectivity index (χ1n) is 6.94. The molecular formula is C16H23N3O. The van der Waals surface area contributed by atoms with Gasteiger partial charge in [-0.05, 0) is 29.7 Å². The van der Waals surface area contributed by atoms with Crippen LogP contribution in [0.25, 0.3) is 0 Å². The minimum absolute atomic E-state index is 0.134. The van der Waals surface area contributed by atoms with Crippen molar-refractivity contribution in [2.24, 2.45) is 12.8 Å². The second-order valence-electron chi connectivity index (χ2n) is 5.34. The third-order valence-electron chi connectivity index (χ3n) is 3.62. The molecule has 2 N–H and O–H groups in total. The van der Waals surface area contributed by atoms with Crippen molar-refractivity contribution in [1.29, 1.82) is 0 Å². The molecule has 108 valence electrons. The Morgan fingerprint density at radius 3 is 2.60 bits per heavy atom. The fourth-order valence-electron chi connectivity index (χ4n) is 2.40. The highest BCUT2D eigenvalue weighted by Gasteiger charge is 2.19. The average Bonchev–Trinajstić information content (AvgIpc) is 2.82. The molecule has 1 unspecified atom stereocenters. The van der Waals surface area contributed by atoms with Crippen molar-refractivity contribution in [3.05, 3.63) is 47.3 Å². The predicted octanol–water partition coefficient (Wildman–Crippen LogP) is 2.64. The zero-order chi connectivity index (χ0) is 14.7. The Morgan fingerprint density at radius 1 is 1.30 bits per heavy atom. The van der Waals surface area contributed by atoms with Gasteiger partial charge < -0.3 is 10.5 Å². The van der Waals surface area contributed by atoms with E-state index in [1.807, 2.05) is 29.9 Å². The van der Waals surface area contributed by atoms with Crippen molar-refractivity contribution in [1.82, 2.24) is 9.78 Å². The molecule has 2 rings (SSSR count). The maximum atomic E-state index is 6.00. The smallest absolute Gasteiger partial charge is 0.119 e. The van der Waals surface area contributed by atoms with Crippen LogP contribution in [0.1, 0.15) is 42.6 Å². The van der Waals surface area contributed by atoms with E-state index in [2.05, 4.69) is 31.1 Å². The van der Waals surface area contributed by atoms with Gasteiger partial charge in [0, 0.05) is 25.2 Å². The van der Waals surface area contributed by atoms with Gasteiger partial charge in [0.15, 0.2) is 0 Å². The van der Waals surface area contributed by atoms with Crippen LogP contribution in [0.4, 0.5) is 0 Å². The van der Waals surface area contributed by atoms with Crippen LogP contribution in [0, 0.1) is 0 Å². The first-order valence-corrected chi connectivity index (χ1v) is 6.94. The molecule has 0 spiro atoms. The Labute approximate surface area is 120 Å². The molecule has 4 heteroatoms. The molecule has 0 saturated heterocycles. The summed E-state index contributed by atoms with van der Waals surface area (Å²) in [6.07, 6.45) is 0. The summed E-state index contributed by atoms with van der Waals surface area (Å²) < 4.78 is 7.23. The molecule has 2 aromatic rings. The fraction of sp³-hybridized carbons (Fsp3) is 0.438. The lowest BCUT2D eigenvalue weighted by Crippen LogP contribution is -2.17.